The van der Waals surface area contributed by atoms with E-state index in [-0.39, 0.29) is 6.10 Å². The van der Waals surface area contributed by atoms with Crippen LogP contribution < -0.4 is 10.1 Å². The van der Waals surface area contributed by atoms with Gasteiger partial charge in [0.2, 0.25) is 0 Å². The van der Waals surface area contributed by atoms with Crippen molar-refractivity contribution in [2.24, 2.45) is 4.36 Å². The molecule has 0 amide bonds. The molecule has 9 heteroatoms. The van der Waals surface area contributed by atoms with Crippen LogP contribution in [0.4, 0.5) is 21.6 Å². The van der Waals surface area contributed by atoms with E-state index >= 15 is 0 Å². The monoisotopic (exact) mass is 465 g/mol. The molecule has 33 heavy (non-hydrogen) atoms. The largest absolute Gasteiger partial charge is 0.482 e. The van der Waals surface area contributed by atoms with Gasteiger partial charge in [-0.15, -0.1) is 0 Å². The molecule has 0 aliphatic rings. The first-order valence-electron chi connectivity index (χ1n) is 10.3. The van der Waals surface area contributed by atoms with Gasteiger partial charge >= 0.3 is 0 Å². The van der Waals surface area contributed by atoms with Crippen molar-refractivity contribution in [1.82, 2.24) is 15.0 Å². The Kier molecular flexibility index (Phi) is 6.24. The highest BCUT2D eigenvalue weighted by Crippen LogP contribution is 2.35. The predicted molar refractivity (Wildman–Crippen MR) is 129 cm³/mol. The number of benzene rings is 2. The van der Waals surface area contributed by atoms with Gasteiger partial charge in [-0.1, -0.05) is 6.07 Å². The molecule has 1 N–H and O–H groups in total. The smallest absolute Gasteiger partial charge is 0.146 e. The van der Waals surface area contributed by atoms with E-state index in [9.17, 15) is 8.60 Å². The highest BCUT2D eigenvalue weighted by Gasteiger charge is 2.15. The van der Waals surface area contributed by atoms with Crippen molar-refractivity contribution in [3.05, 3.63) is 78.1 Å². The lowest BCUT2D eigenvalue weighted by atomic mass is 10.1. The fourth-order valence-electron chi connectivity index (χ4n) is 3.47. The van der Waals surface area contributed by atoms with E-state index in [1.54, 1.807) is 30.8 Å². The van der Waals surface area contributed by atoms with E-state index in [0.717, 1.165) is 16.6 Å². The van der Waals surface area contributed by atoms with Gasteiger partial charge in [-0.3, -0.25) is 4.98 Å². The highest BCUT2D eigenvalue weighted by atomic mass is 32.2. The fraction of sp³-hybridized carbons (Fsp3) is 0.208. The van der Waals surface area contributed by atoms with E-state index in [0.29, 0.717) is 28.5 Å². The van der Waals surface area contributed by atoms with Crippen LogP contribution in [0.5, 0.6) is 5.75 Å². The van der Waals surface area contributed by atoms with Crippen LogP contribution >= 0.6 is 0 Å². The molecule has 1 unspecified atom stereocenters. The van der Waals surface area contributed by atoms with Crippen molar-refractivity contribution < 1.29 is 13.3 Å². The number of hydrogen-bond acceptors (Lipinski definition) is 7. The third kappa shape index (κ3) is 5.43. The van der Waals surface area contributed by atoms with Gasteiger partial charge in [-0.05, 0) is 55.8 Å². The number of halogens is 1. The van der Waals surface area contributed by atoms with E-state index in [2.05, 4.69) is 24.6 Å². The molecule has 0 bridgehead atoms. The molecule has 0 saturated heterocycles. The number of anilines is 2. The second-order valence-electron chi connectivity index (χ2n) is 7.93. The summed E-state index contributed by atoms with van der Waals surface area (Å²) in [6.07, 6.45) is 5.90. The Morgan fingerprint density at radius 1 is 1.09 bits per heavy atom. The molecule has 0 saturated carbocycles. The summed E-state index contributed by atoms with van der Waals surface area (Å²) in [6.45, 7) is 3.76. The minimum absolute atomic E-state index is 0.334. The van der Waals surface area contributed by atoms with E-state index in [1.807, 2.05) is 38.1 Å². The Balaban J connectivity index is 1.72. The molecule has 0 fully saturated rings. The molecular formula is C24H24FN5O2S. The van der Waals surface area contributed by atoms with Crippen LogP contribution in [0.2, 0.25) is 0 Å². The van der Waals surface area contributed by atoms with Crippen molar-refractivity contribution in [2.45, 2.75) is 20.0 Å². The lowest BCUT2D eigenvalue weighted by Gasteiger charge is -2.18. The minimum atomic E-state index is -2.31. The summed E-state index contributed by atoms with van der Waals surface area (Å²) < 4.78 is 36.5. The van der Waals surface area contributed by atoms with Gasteiger partial charge in [0, 0.05) is 39.9 Å². The molecule has 1 atom stereocenters. The van der Waals surface area contributed by atoms with Gasteiger partial charge in [0.15, 0.2) is 0 Å². The van der Waals surface area contributed by atoms with Crippen LogP contribution in [0.3, 0.4) is 0 Å². The van der Waals surface area contributed by atoms with E-state index < -0.39 is 15.5 Å². The van der Waals surface area contributed by atoms with Crippen LogP contribution in [0, 0.1) is 12.7 Å². The first kappa shape index (κ1) is 22.6. The second kappa shape index (κ2) is 9.11. The normalized spacial score (nSPS) is 12.4. The average Bonchev–Trinajstić information content (AvgIpc) is 2.75. The summed E-state index contributed by atoms with van der Waals surface area (Å²) in [6, 6.07) is 13.5. The average molecular weight is 466 g/mol. The van der Waals surface area contributed by atoms with E-state index in [4.69, 9.17) is 4.74 Å². The molecule has 0 aliphatic carbocycles. The Labute approximate surface area is 192 Å². The molecule has 2 aromatic carbocycles. The van der Waals surface area contributed by atoms with Crippen LogP contribution in [0.15, 0.2) is 65.4 Å². The number of fused-ring (bicyclic) bond motifs is 1. The molecular weight excluding hydrogens is 441 g/mol. The first-order valence-corrected chi connectivity index (χ1v) is 12.6. The molecule has 170 valence electrons. The number of rotatable bonds is 6. The molecule has 7 nitrogen and oxygen atoms in total. The molecule has 0 radical (unpaired) electrons. The Morgan fingerprint density at radius 2 is 1.91 bits per heavy atom. The molecule has 4 rings (SSSR count). The summed E-state index contributed by atoms with van der Waals surface area (Å²) in [5, 5.41) is 4.04. The summed E-state index contributed by atoms with van der Waals surface area (Å²) in [5.41, 5.74) is 3.40. The minimum Gasteiger partial charge on any atom is -0.482 e. The van der Waals surface area contributed by atoms with Gasteiger partial charge in [-0.25, -0.2) is 18.6 Å². The summed E-state index contributed by atoms with van der Waals surface area (Å²) >= 11 is 0. The van der Waals surface area contributed by atoms with Crippen molar-refractivity contribution in [3.8, 4) is 5.75 Å². The zero-order valence-corrected chi connectivity index (χ0v) is 19.6. The van der Waals surface area contributed by atoms with Crippen LogP contribution in [0.25, 0.3) is 10.9 Å². The number of aryl methyl sites for hydroxylation is 1. The highest BCUT2D eigenvalue weighted by molar-refractivity contribution is 7.92. The van der Waals surface area contributed by atoms with Crippen LogP contribution in [-0.2, 0) is 9.73 Å². The standard InChI is InChI=1S/C24H24FN5O2S/c1-15-11-18(30-33(3,4)31)13-21-23(15)24(28-14-27-21)29-20-9-8-17(25)12-22(20)32-16(2)19-7-5-6-10-26-19/h5-14,16H,1-4H3,(H,27,28,29). The zero-order chi connectivity index (χ0) is 23.6. The van der Waals surface area contributed by atoms with Gasteiger partial charge < -0.3 is 10.1 Å². The van der Waals surface area contributed by atoms with Crippen LogP contribution in [0.1, 0.15) is 24.3 Å². The maximum absolute atomic E-state index is 14.1. The maximum atomic E-state index is 14.1. The Hall–Kier alpha value is -3.59. The summed E-state index contributed by atoms with van der Waals surface area (Å²) in [4.78, 5) is 13.1. The lowest BCUT2D eigenvalue weighted by Crippen LogP contribution is -2.07. The Morgan fingerprint density at radius 3 is 2.64 bits per heavy atom. The van der Waals surface area contributed by atoms with E-state index in [1.165, 1.54) is 18.5 Å². The number of ether oxygens (including phenoxy) is 1. The van der Waals surface area contributed by atoms with Gasteiger partial charge in [0.05, 0.1) is 22.6 Å². The molecule has 2 heterocycles. The molecule has 2 aromatic heterocycles. The number of pyridine rings is 1. The zero-order valence-electron chi connectivity index (χ0n) is 18.7. The third-order valence-corrected chi connectivity index (χ3v) is 5.50. The summed E-state index contributed by atoms with van der Waals surface area (Å²) in [5.74, 6) is 0.460. The SMILES string of the molecule is Cc1cc(N=S(C)(C)=O)cc2ncnc(Nc3ccc(F)cc3OC(C)c3ccccn3)c12. The van der Waals surface area contributed by atoms with Crippen LogP contribution in [-0.4, -0.2) is 31.7 Å². The molecule has 0 aliphatic heterocycles. The third-order valence-electron chi connectivity index (χ3n) is 4.85. The van der Waals surface area contributed by atoms with Gasteiger partial charge in [0.25, 0.3) is 0 Å². The van der Waals surface area contributed by atoms with Gasteiger partial charge in [-0.2, -0.15) is 4.36 Å². The number of aromatic nitrogens is 3. The quantitative estimate of drug-likeness (QED) is 0.392. The Bertz CT molecular complexity index is 1430. The number of nitrogens with one attached hydrogen (secondary N) is 1. The van der Waals surface area contributed by atoms with Crippen molar-refractivity contribution in [2.75, 3.05) is 17.8 Å². The predicted octanol–water partition coefficient (Wildman–Crippen LogP) is 5.72. The summed E-state index contributed by atoms with van der Waals surface area (Å²) in [7, 11) is -2.31. The van der Waals surface area contributed by atoms with Crippen molar-refractivity contribution in [3.63, 3.8) is 0 Å². The van der Waals surface area contributed by atoms with Crippen molar-refractivity contribution in [1.29, 1.82) is 0 Å². The topological polar surface area (TPSA) is 89.4 Å². The second-order valence-corrected chi connectivity index (χ2v) is 10.5. The number of nitrogens with zero attached hydrogens (tertiary/aromatic N) is 4. The van der Waals surface area contributed by atoms with Gasteiger partial charge in [0.1, 0.15) is 29.8 Å². The molecule has 0 spiro atoms. The fourth-order valence-corrected chi connectivity index (χ4v) is 4.08. The maximum Gasteiger partial charge on any atom is 0.146 e. The first-order chi connectivity index (χ1) is 15.7. The number of hydrogen-bond donors (Lipinski definition) is 1. The molecule has 4 aromatic rings. The lowest BCUT2D eigenvalue weighted by molar-refractivity contribution is 0.222. The van der Waals surface area contributed by atoms with Crippen molar-refractivity contribution >= 4 is 37.8 Å².